The van der Waals surface area contributed by atoms with Crippen LogP contribution in [0, 0.1) is 0 Å². The lowest BCUT2D eigenvalue weighted by Gasteiger charge is -2.30. The fraction of sp³-hybridized carbons (Fsp3) is 0.478. The van der Waals surface area contributed by atoms with E-state index in [9.17, 15) is 9.59 Å². The van der Waals surface area contributed by atoms with Crippen molar-refractivity contribution >= 4 is 33.2 Å². The first-order chi connectivity index (χ1) is 15.3. The topological polar surface area (TPSA) is 65.7 Å². The second kappa shape index (κ2) is 8.43. The summed E-state index contributed by atoms with van der Waals surface area (Å²) in [5, 5.41) is 0.557. The van der Waals surface area contributed by atoms with Crippen molar-refractivity contribution in [3.63, 3.8) is 0 Å². The lowest BCUT2D eigenvalue weighted by molar-refractivity contribution is -0.0384. The van der Waals surface area contributed by atoms with Crippen molar-refractivity contribution in [3.8, 4) is 5.69 Å². The van der Waals surface area contributed by atoms with Gasteiger partial charge in [0.15, 0.2) is 0 Å². The van der Waals surface area contributed by atoms with Gasteiger partial charge in [-0.25, -0.2) is 9.36 Å². The molecule has 2 aliphatic heterocycles. The molecular formula is C23H26ClN3O4S. The summed E-state index contributed by atoms with van der Waals surface area (Å²) in [6.07, 6.45) is 0.722. The maximum Gasteiger partial charge on any atom is 0.336 e. The predicted molar refractivity (Wildman–Crippen MR) is 127 cm³/mol. The largest absolute Gasteiger partial charge is 0.379 e. The fourth-order valence-corrected chi connectivity index (χ4v) is 6.01. The molecule has 1 fully saturated rings. The molecule has 0 radical (unpaired) electrons. The number of aromatic nitrogens is 2. The van der Waals surface area contributed by atoms with Gasteiger partial charge in [-0.2, -0.15) is 0 Å². The summed E-state index contributed by atoms with van der Waals surface area (Å²) in [5.74, 6) is 0. The van der Waals surface area contributed by atoms with Gasteiger partial charge in [0.1, 0.15) is 4.70 Å². The Hall–Kier alpha value is -1.97. The minimum Gasteiger partial charge on any atom is -0.379 e. The Kier molecular flexibility index (Phi) is 5.75. The second-order valence-corrected chi connectivity index (χ2v) is 10.5. The molecule has 0 unspecified atom stereocenters. The molecule has 0 spiro atoms. The first kappa shape index (κ1) is 21.9. The standard InChI is InChI=1S/C23H26ClN3O4S/c1-23(2)13-18-17(14-31-23)19-20(32-18)21(28)27(16-5-3-15(24)4-6-16)22(29)26(19)8-7-25-9-11-30-12-10-25/h3-6H,7-14H2,1-2H3. The molecule has 3 aromatic rings. The van der Waals surface area contributed by atoms with E-state index >= 15 is 0 Å². The summed E-state index contributed by atoms with van der Waals surface area (Å²) in [6.45, 7) is 8.81. The molecule has 4 heterocycles. The van der Waals surface area contributed by atoms with Crippen LogP contribution in [0.5, 0.6) is 0 Å². The molecule has 170 valence electrons. The predicted octanol–water partition coefficient (Wildman–Crippen LogP) is 3.05. The Balaban J connectivity index is 1.69. The Labute approximate surface area is 194 Å². The van der Waals surface area contributed by atoms with Crippen LogP contribution in [-0.2, 0) is 29.0 Å². The zero-order valence-electron chi connectivity index (χ0n) is 18.2. The summed E-state index contributed by atoms with van der Waals surface area (Å²) < 4.78 is 15.1. The van der Waals surface area contributed by atoms with E-state index in [-0.39, 0.29) is 16.9 Å². The summed E-state index contributed by atoms with van der Waals surface area (Å²) in [6, 6.07) is 6.81. The maximum absolute atomic E-state index is 13.7. The minimum atomic E-state index is -0.330. The zero-order chi connectivity index (χ0) is 22.5. The van der Waals surface area contributed by atoms with Crippen molar-refractivity contribution in [2.24, 2.45) is 0 Å². The van der Waals surface area contributed by atoms with Gasteiger partial charge in [-0.1, -0.05) is 11.6 Å². The third-order valence-corrected chi connectivity index (χ3v) is 7.64. The lowest BCUT2D eigenvalue weighted by atomic mass is 9.98. The number of halogens is 1. The van der Waals surface area contributed by atoms with E-state index in [1.165, 1.54) is 15.9 Å². The highest BCUT2D eigenvalue weighted by atomic mass is 35.5. The number of fused-ring (bicyclic) bond motifs is 3. The highest BCUT2D eigenvalue weighted by Gasteiger charge is 2.32. The van der Waals surface area contributed by atoms with Gasteiger partial charge in [-0.15, -0.1) is 11.3 Å². The van der Waals surface area contributed by atoms with Gasteiger partial charge >= 0.3 is 5.69 Å². The smallest absolute Gasteiger partial charge is 0.336 e. The third kappa shape index (κ3) is 3.95. The quantitative estimate of drug-likeness (QED) is 0.580. The fourth-order valence-electron chi connectivity index (χ4n) is 4.43. The highest BCUT2D eigenvalue weighted by Crippen LogP contribution is 2.37. The van der Waals surface area contributed by atoms with Crippen LogP contribution >= 0.6 is 22.9 Å². The Morgan fingerprint density at radius 1 is 1.09 bits per heavy atom. The Morgan fingerprint density at radius 3 is 2.53 bits per heavy atom. The van der Waals surface area contributed by atoms with E-state index in [1.807, 2.05) is 0 Å². The average molecular weight is 476 g/mol. The lowest BCUT2D eigenvalue weighted by Crippen LogP contribution is -2.43. The van der Waals surface area contributed by atoms with Crippen LogP contribution in [0.4, 0.5) is 0 Å². The first-order valence-corrected chi connectivity index (χ1v) is 12.0. The van der Waals surface area contributed by atoms with Crippen molar-refractivity contribution in [2.75, 3.05) is 32.8 Å². The van der Waals surface area contributed by atoms with Crippen LogP contribution < -0.4 is 11.2 Å². The molecule has 0 N–H and O–H groups in total. The van der Waals surface area contributed by atoms with E-state index in [1.54, 1.807) is 28.8 Å². The van der Waals surface area contributed by atoms with E-state index in [2.05, 4.69) is 18.7 Å². The van der Waals surface area contributed by atoms with E-state index in [4.69, 9.17) is 21.1 Å². The molecule has 7 nitrogen and oxygen atoms in total. The normalized spacial score (nSPS) is 18.7. The van der Waals surface area contributed by atoms with Gasteiger partial charge in [-0.05, 0) is 38.1 Å². The van der Waals surface area contributed by atoms with Crippen molar-refractivity contribution < 1.29 is 9.47 Å². The molecule has 0 aliphatic carbocycles. The van der Waals surface area contributed by atoms with E-state index in [0.29, 0.717) is 48.3 Å². The zero-order valence-corrected chi connectivity index (χ0v) is 19.8. The van der Waals surface area contributed by atoms with Crippen molar-refractivity contribution in [1.29, 1.82) is 0 Å². The van der Waals surface area contributed by atoms with Gasteiger partial charge in [0, 0.05) is 48.1 Å². The molecule has 5 rings (SSSR count). The van der Waals surface area contributed by atoms with Crippen molar-refractivity contribution in [2.45, 2.75) is 39.0 Å². The van der Waals surface area contributed by atoms with Crippen LogP contribution in [-0.4, -0.2) is 52.5 Å². The van der Waals surface area contributed by atoms with E-state index in [0.717, 1.165) is 35.5 Å². The molecule has 9 heteroatoms. The number of hydrogen-bond acceptors (Lipinski definition) is 6. The van der Waals surface area contributed by atoms with Gasteiger partial charge in [0.25, 0.3) is 5.56 Å². The molecule has 0 saturated carbocycles. The number of ether oxygens (including phenoxy) is 2. The van der Waals surface area contributed by atoms with Gasteiger partial charge in [-0.3, -0.25) is 14.3 Å². The van der Waals surface area contributed by atoms with Gasteiger partial charge in [0.2, 0.25) is 0 Å². The van der Waals surface area contributed by atoms with E-state index < -0.39 is 0 Å². The maximum atomic E-state index is 13.7. The summed E-state index contributed by atoms with van der Waals surface area (Å²) in [4.78, 5) is 30.6. The number of rotatable bonds is 4. The number of thiophene rings is 1. The van der Waals surface area contributed by atoms with Crippen molar-refractivity contribution in [1.82, 2.24) is 14.0 Å². The van der Waals surface area contributed by atoms with Gasteiger partial charge < -0.3 is 9.47 Å². The van der Waals surface area contributed by atoms with Crippen LogP contribution in [0.3, 0.4) is 0 Å². The Bertz CT molecular complexity index is 1270. The van der Waals surface area contributed by atoms with Crippen LogP contribution in [0.25, 0.3) is 15.9 Å². The molecule has 0 amide bonds. The van der Waals surface area contributed by atoms with Gasteiger partial charge in [0.05, 0.1) is 36.6 Å². The number of morpholine rings is 1. The second-order valence-electron chi connectivity index (χ2n) is 8.91. The molecule has 0 bridgehead atoms. The van der Waals surface area contributed by atoms with Crippen molar-refractivity contribution in [3.05, 3.63) is 60.6 Å². The molecule has 1 aromatic carbocycles. The summed E-state index contributed by atoms with van der Waals surface area (Å²) >= 11 is 7.53. The highest BCUT2D eigenvalue weighted by molar-refractivity contribution is 7.19. The van der Waals surface area contributed by atoms with Crippen LogP contribution in [0.2, 0.25) is 5.02 Å². The summed E-state index contributed by atoms with van der Waals surface area (Å²) in [7, 11) is 0. The molecule has 2 aromatic heterocycles. The van der Waals surface area contributed by atoms with Crippen LogP contribution in [0.1, 0.15) is 24.3 Å². The molecule has 0 atom stereocenters. The SMILES string of the molecule is CC1(C)Cc2sc3c(=O)n(-c4ccc(Cl)cc4)c(=O)n(CCN4CCOCC4)c3c2CO1. The number of benzene rings is 1. The number of hydrogen-bond donors (Lipinski definition) is 0. The first-order valence-electron chi connectivity index (χ1n) is 10.8. The molecule has 1 saturated heterocycles. The number of nitrogens with zero attached hydrogens (tertiary/aromatic N) is 3. The third-order valence-electron chi connectivity index (χ3n) is 6.17. The molecule has 2 aliphatic rings. The minimum absolute atomic E-state index is 0.285. The average Bonchev–Trinajstić information content (AvgIpc) is 3.13. The molecule has 32 heavy (non-hydrogen) atoms. The van der Waals surface area contributed by atoms with Crippen LogP contribution in [0.15, 0.2) is 33.9 Å². The summed E-state index contributed by atoms with van der Waals surface area (Å²) in [5.41, 5.74) is 1.32. The molecular weight excluding hydrogens is 450 g/mol. The Morgan fingerprint density at radius 2 is 1.81 bits per heavy atom. The monoisotopic (exact) mass is 475 g/mol.